The second-order valence-corrected chi connectivity index (χ2v) is 4.63. The van der Waals surface area contributed by atoms with Crippen molar-refractivity contribution >= 4 is 5.97 Å². The normalized spacial score (nSPS) is 19.9. The van der Waals surface area contributed by atoms with Gasteiger partial charge in [-0.15, -0.1) is 0 Å². The lowest BCUT2D eigenvalue weighted by molar-refractivity contribution is -0.149. The van der Waals surface area contributed by atoms with Gasteiger partial charge in [0.2, 0.25) is 0 Å². The third-order valence-electron chi connectivity index (χ3n) is 3.24. The zero-order valence-corrected chi connectivity index (χ0v) is 9.63. The first-order chi connectivity index (χ1) is 7.22. The lowest BCUT2D eigenvalue weighted by Crippen LogP contribution is -2.34. The van der Waals surface area contributed by atoms with Crippen LogP contribution >= 0.6 is 0 Å². The van der Waals surface area contributed by atoms with Gasteiger partial charge in [0.15, 0.2) is 0 Å². The fourth-order valence-electron chi connectivity index (χ4n) is 2.16. The SMILES string of the molecule is CCCC(=O)OCC1(CO)CCCCC1. The van der Waals surface area contributed by atoms with Gasteiger partial charge in [-0.1, -0.05) is 26.2 Å². The minimum atomic E-state index is -0.137. The van der Waals surface area contributed by atoms with Crippen molar-refractivity contribution in [2.45, 2.75) is 51.9 Å². The molecule has 3 heteroatoms. The summed E-state index contributed by atoms with van der Waals surface area (Å²) in [6.07, 6.45) is 6.82. The van der Waals surface area contributed by atoms with E-state index in [1.807, 2.05) is 6.92 Å². The Kier molecular flexibility index (Phi) is 5.09. The van der Waals surface area contributed by atoms with Gasteiger partial charge in [0.05, 0.1) is 13.2 Å². The summed E-state index contributed by atoms with van der Waals surface area (Å²) in [5, 5.41) is 9.39. The number of carbonyl (C=O) groups excluding carboxylic acids is 1. The molecule has 1 aliphatic rings. The highest BCUT2D eigenvalue weighted by molar-refractivity contribution is 5.69. The molecule has 0 aromatic heterocycles. The molecule has 15 heavy (non-hydrogen) atoms. The van der Waals surface area contributed by atoms with Crippen LogP contribution in [0.1, 0.15) is 51.9 Å². The van der Waals surface area contributed by atoms with Gasteiger partial charge in [0.1, 0.15) is 0 Å². The number of carbonyl (C=O) groups is 1. The molecule has 1 aliphatic carbocycles. The van der Waals surface area contributed by atoms with E-state index in [2.05, 4.69) is 0 Å². The van der Waals surface area contributed by atoms with Crippen LogP contribution in [-0.2, 0) is 9.53 Å². The smallest absolute Gasteiger partial charge is 0.305 e. The maximum atomic E-state index is 11.2. The van der Waals surface area contributed by atoms with Crippen LogP contribution in [-0.4, -0.2) is 24.3 Å². The molecule has 1 fully saturated rings. The fraction of sp³-hybridized carbons (Fsp3) is 0.917. The minimum Gasteiger partial charge on any atom is -0.465 e. The number of hydrogen-bond donors (Lipinski definition) is 1. The van der Waals surface area contributed by atoms with Crippen molar-refractivity contribution in [1.29, 1.82) is 0 Å². The molecule has 0 unspecified atom stereocenters. The summed E-state index contributed by atoms with van der Waals surface area (Å²) < 4.78 is 5.22. The van der Waals surface area contributed by atoms with E-state index in [1.165, 1.54) is 6.42 Å². The van der Waals surface area contributed by atoms with Crippen molar-refractivity contribution in [3.8, 4) is 0 Å². The Morgan fingerprint density at radius 2 is 2.00 bits per heavy atom. The molecule has 0 spiro atoms. The summed E-state index contributed by atoms with van der Waals surface area (Å²) in [6, 6.07) is 0. The van der Waals surface area contributed by atoms with E-state index >= 15 is 0 Å². The van der Waals surface area contributed by atoms with Crippen molar-refractivity contribution in [3.05, 3.63) is 0 Å². The van der Waals surface area contributed by atoms with Crippen LogP contribution < -0.4 is 0 Å². The van der Waals surface area contributed by atoms with Crippen LogP contribution in [0.4, 0.5) is 0 Å². The minimum absolute atomic E-state index is 0.129. The molecule has 3 nitrogen and oxygen atoms in total. The lowest BCUT2D eigenvalue weighted by atomic mass is 9.75. The van der Waals surface area contributed by atoms with Gasteiger partial charge < -0.3 is 9.84 Å². The van der Waals surface area contributed by atoms with Crippen molar-refractivity contribution in [2.75, 3.05) is 13.2 Å². The highest BCUT2D eigenvalue weighted by Gasteiger charge is 2.32. The topological polar surface area (TPSA) is 46.5 Å². The monoisotopic (exact) mass is 214 g/mol. The number of rotatable bonds is 5. The third kappa shape index (κ3) is 3.82. The zero-order valence-electron chi connectivity index (χ0n) is 9.63. The number of esters is 1. The van der Waals surface area contributed by atoms with Crippen molar-refractivity contribution in [2.24, 2.45) is 5.41 Å². The van der Waals surface area contributed by atoms with Crippen molar-refractivity contribution in [1.82, 2.24) is 0 Å². The fourth-order valence-corrected chi connectivity index (χ4v) is 2.16. The maximum absolute atomic E-state index is 11.2. The summed E-state index contributed by atoms with van der Waals surface area (Å²) in [6.45, 7) is 2.51. The molecule has 0 amide bonds. The maximum Gasteiger partial charge on any atom is 0.305 e. The van der Waals surface area contributed by atoms with Gasteiger partial charge in [-0.05, 0) is 19.3 Å². The molecule has 1 saturated carbocycles. The van der Waals surface area contributed by atoms with Crippen molar-refractivity contribution in [3.63, 3.8) is 0 Å². The Balaban J connectivity index is 2.35. The Bertz CT molecular complexity index is 195. The van der Waals surface area contributed by atoms with E-state index in [-0.39, 0.29) is 18.0 Å². The Hall–Kier alpha value is -0.570. The second-order valence-electron chi connectivity index (χ2n) is 4.63. The van der Waals surface area contributed by atoms with Crippen LogP contribution in [0.2, 0.25) is 0 Å². The second kappa shape index (κ2) is 6.11. The summed E-state index contributed by atoms with van der Waals surface area (Å²) in [7, 11) is 0. The molecule has 0 heterocycles. The van der Waals surface area contributed by atoms with E-state index in [9.17, 15) is 9.90 Å². The molecular formula is C12H22O3. The molecule has 88 valence electrons. The van der Waals surface area contributed by atoms with Gasteiger partial charge in [-0.2, -0.15) is 0 Å². The molecule has 0 aromatic carbocycles. The first kappa shape index (κ1) is 12.5. The molecule has 0 saturated heterocycles. The van der Waals surface area contributed by atoms with Crippen LogP contribution in [0, 0.1) is 5.41 Å². The predicted molar refractivity (Wildman–Crippen MR) is 58.5 cm³/mol. The Labute approximate surface area is 91.8 Å². The van der Waals surface area contributed by atoms with E-state index in [0.29, 0.717) is 13.0 Å². The molecule has 0 bridgehead atoms. The average Bonchev–Trinajstić information content (AvgIpc) is 2.28. The molecule has 0 aromatic rings. The largest absolute Gasteiger partial charge is 0.465 e. The molecule has 1 N–H and O–H groups in total. The molecule has 0 aliphatic heterocycles. The lowest BCUT2D eigenvalue weighted by Gasteiger charge is -2.34. The quantitative estimate of drug-likeness (QED) is 0.714. The molecule has 0 atom stereocenters. The first-order valence-electron chi connectivity index (χ1n) is 5.99. The van der Waals surface area contributed by atoms with Gasteiger partial charge in [0.25, 0.3) is 0 Å². The van der Waals surface area contributed by atoms with Gasteiger partial charge in [-0.3, -0.25) is 4.79 Å². The number of ether oxygens (including phenoxy) is 1. The molecular weight excluding hydrogens is 192 g/mol. The number of aliphatic hydroxyl groups is 1. The average molecular weight is 214 g/mol. The van der Waals surface area contributed by atoms with Crippen molar-refractivity contribution < 1.29 is 14.6 Å². The standard InChI is InChI=1S/C12H22O3/c1-2-6-11(14)15-10-12(9-13)7-4-3-5-8-12/h13H,2-10H2,1H3. The van der Waals surface area contributed by atoms with Crippen LogP contribution in [0.5, 0.6) is 0 Å². The summed E-state index contributed by atoms with van der Waals surface area (Å²) in [5.74, 6) is -0.129. The molecule has 1 rings (SSSR count). The summed E-state index contributed by atoms with van der Waals surface area (Å²) in [5.41, 5.74) is -0.137. The molecule has 0 radical (unpaired) electrons. The van der Waals surface area contributed by atoms with Gasteiger partial charge in [0, 0.05) is 11.8 Å². The highest BCUT2D eigenvalue weighted by atomic mass is 16.5. The van der Waals surface area contributed by atoms with E-state index in [1.54, 1.807) is 0 Å². The zero-order chi connectivity index (χ0) is 11.1. The van der Waals surface area contributed by atoms with Crippen LogP contribution in [0.25, 0.3) is 0 Å². The Morgan fingerprint density at radius 3 is 2.53 bits per heavy atom. The highest BCUT2D eigenvalue weighted by Crippen LogP contribution is 2.36. The number of hydrogen-bond acceptors (Lipinski definition) is 3. The summed E-state index contributed by atoms with van der Waals surface area (Å²) >= 11 is 0. The third-order valence-corrected chi connectivity index (χ3v) is 3.24. The van der Waals surface area contributed by atoms with E-state index < -0.39 is 0 Å². The Morgan fingerprint density at radius 1 is 1.33 bits per heavy atom. The van der Waals surface area contributed by atoms with Gasteiger partial charge >= 0.3 is 5.97 Å². The van der Waals surface area contributed by atoms with E-state index in [0.717, 1.165) is 32.1 Å². The van der Waals surface area contributed by atoms with Crippen LogP contribution in [0.3, 0.4) is 0 Å². The van der Waals surface area contributed by atoms with E-state index in [4.69, 9.17) is 4.74 Å². The van der Waals surface area contributed by atoms with Crippen LogP contribution in [0.15, 0.2) is 0 Å². The number of aliphatic hydroxyl groups excluding tert-OH is 1. The summed E-state index contributed by atoms with van der Waals surface area (Å²) in [4.78, 5) is 11.2. The van der Waals surface area contributed by atoms with Gasteiger partial charge in [-0.25, -0.2) is 0 Å². The first-order valence-corrected chi connectivity index (χ1v) is 5.99. The predicted octanol–water partition coefficient (Wildman–Crippen LogP) is 2.27.